The van der Waals surface area contributed by atoms with Gasteiger partial charge in [0, 0.05) is 42.4 Å². The van der Waals surface area contributed by atoms with Crippen LogP contribution in [0.15, 0.2) is 18.3 Å². The molecule has 32 heavy (non-hydrogen) atoms. The SMILES string of the molecule is N[C@H]1CC(N2Cc3cnn(S(=O)(=O)C4CCCC4)c3C2)COC1c1cc(F)c(F)cc1F. The number of hydrogen-bond acceptors (Lipinski definition) is 6. The molecule has 3 aliphatic rings. The Labute approximate surface area is 184 Å². The fourth-order valence-electron chi connectivity index (χ4n) is 5.13. The van der Waals surface area contributed by atoms with Crippen LogP contribution in [0.25, 0.3) is 0 Å². The second-order valence-corrected chi connectivity index (χ2v) is 11.0. The normalized spacial score (nSPS) is 27.2. The summed E-state index contributed by atoms with van der Waals surface area (Å²) in [4.78, 5) is 2.07. The van der Waals surface area contributed by atoms with Gasteiger partial charge in [0.2, 0.25) is 0 Å². The zero-order valence-corrected chi connectivity index (χ0v) is 18.2. The number of nitrogens with two attached hydrogens (primary N) is 1. The maximum atomic E-state index is 14.2. The summed E-state index contributed by atoms with van der Waals surface area (Å²) in [6, 6.07) is 0.546. The quantitative estimate of drug-likeness (QED) is 0.691. The highest BCUT2D eigenvalue weighted by Gasteiger charge is 2.40. The Hall–Kier alpha value is -1.95. The molecular weight excluding hydrogens is 445 g/mol. The Bertz CT molecular complexity index is 1130. The molecule has 1 saturated carbocycles. The number of halogens is 3. The number of benzene rings is 1. The van der Waals surface area contributed by atoms with E-state index in [9.17, 15) is 21.6 Å². The summed E-state index contributed by atoms with van der Waals surface area (Å²) in [5, 5.41) is 3.77. The zero-order valence-electron chi connectivity index (χ0n) is 17.4. The summed E-state index contributed by atoms with van der Waals surface area (Å²) >= 11 is 0. The molecule has 2 N–H and O–H groups in total. The average molecular weight is 471 g/mol. The van der Waals surface area contributed by atoms with Crippen molar-refractivity contribution in [3.63, 3.8) is 0 Å². The standard InChI is InChI=1S/C21H25F3N4O3S/c22-16-7-18(24)17(23)6-15(16)21-19(25)5-13(11-31-21)27-9-12-8-26-28(20(12)10-27)32(29,30)14-3-1-2-4-14/h6-8,13-14,19,21H,1-5,9-11,25H2/t13?,19-,21?/m0/s1. The molecule has 2 aliphatic heterocycles. The first-order chi connectivity index (χ1) is 15.3. The summed E-state index contributed by atoms with van der Waals surface area (Å²) < 4.78 is 74.1. The van der Waals surface area contributed by atoms with Gasteiger partial charge in [-0.05, 0) is 25.3 Å². The smallest absolute Gasteiger partial charge is 0.256 e. The number of hydrogen-bond donors (Lipinski definition) is 1. The molecule has 2 fully saturated rings. The van der Waals surface area contributed by atoms with Gasteiger partial charge in [-0.2, -0.15) is 9.19 Å². The lowest BCUT2D eigenvalue weighted by atomic mass is 9.93. The Balaban J connectivity index is 1.29. The van der Waals surface area contributed by atoms with E-state index in [0.717, 1.165) is 24.5 Å². The maximum absolute atomic E-state index is 14.2. The number of aromatic nitrogens is 2. The third-order valence-corrected chi connectivity index (χ3v) is 8.99. The molecule has 3 heterocycles. The molecule has 5 rings (SSSR count). The lowest BCUT2D eigenvalue weighted by Gasteiger charge is -2.38. The van der Waals surface area contributed by atoms with E-state index in [1.807, 2.05) is 0 Å². The van der Waals surface area contributed by atoms with Crippen LogP contribution in [0, 0.1) is 17.5 Å². The molecule has 0 radical (unpaired) electrons. The zero-order chi connectivity index (χ0) is 22.6. The minimum atomic E-state index is -3.53. The Morgan fingerprint density at radius 2 is 1.78 bits per heavy atom. The lowest BCUT2D eigenvalue weighted by molar-refractivity contribution is -0.0534. The molecule has 2 aromatic rings. The van der Waals surface area contributed by atoms with E-state index in [-0.39, 0.29) is 18.2 Å². The summed E-state index contributed by atoms with van der Waals surface area (Å²) in [5.74, 6) is -3.30. The average Bonchev–Trinajstić information content (AvgIpc) is 3.48. The van der Waals surface area contributed by atoms with E-state index < -0.39 is 44.9 Å². The largest absolute Gasteiger partial charge is 0.370 e. The van der Waals surface area contributed by atoms with Crippen LogP contribution in [0.4, 0.5) is 13.2 Å². The predicted molar refractivity (Wildman–Crippen MR) is 109 cm³/mol. The molecule has 1 saturated heterocycles. The van der Waals surface area contributed by atoms with Crippen LogP contribution in [-0.2, 0) is 27.8 Å². The summed E-state index contributed by atoms with van der Waals surface area (Å²) in [6.45, 7) is 1.12. The van der Waals surface area contributed by atoms with Crippen molar-refractivity contribution in [2.75, 3.05) is 6.61 Å². The topological polar surface area (TPSA) is 90.5 Å². The van der Waals surface area contributed by atoms with E-state index in [1.54, 1.807) is 6.20 Å². The maximum Gasteiger partial charge on any atom is 0.256 e. The van der Waals surface area contributed by atoms with Crippen LogP contribution >= 0.6 is 0 Å². The summed E-state index contributed by atoms with van der Waals surface area (Å²) in [6.07, 6.45) is 4.31. The Morgan fingerprint density at radius 1 is 1.06 bits per heavy atom. The van der Waals surface area contributed by atoms with Crippen LogP contribution in [0.3, 0.4) is 0 Å². The highest BCUT2D eigenvalue weighted by molar-refractivity contribution is 7.90. The van der Waals surface area contributed by atoms with Crippen LogP contribution in [-0.4, -0.2) is 46.4 Å². The molecule has 1 aliphatic carbocycles. The first kappa shape index (κ1) is 21.9. The molecule has 11 heteroatoms. The van der Waals surface area contributed by atoms with Gasteiger partial charge in [0.25, 0.3) is 10.0 Å². The molecule has 0 spiro atoms. The van der Waals surface area contributed by atoms with Crippen molar-refractivity contribution in [3.05, 3.63) is 52.6 Å². The number of fused-ring (bicyclic) bond motifs is 1. The van der Waals surface area contributed by atoms with Gasteiger partial charge in [0.15, 0.2) is 11.6 Å². The molecule has 7 nitrogen and oxygen atoms in total. The molecule has 174 valence electrons. The third-order valence-electron chi connectivity index (χ3n) is 6.87. The third kappa shape index (κ3) is 3.64. The van der Waals surface area contributed by atoms with Crippen LogP contribution in [0.2, 0.25) is 0 Å². The van der Waals surface area contributed by atoms with Gasteiger partial charge in [-0.15, -0.1) is 0 Å². The van der Waals surface area contributed by atoms with Gasteiger partial charge in [-0.3, -0.25) is 4.90 Å². The fourth-order valence-corrected chi connectivity index (χ4v) is 7.00. The van der Waals surface area contributed by atoms with E-state index in [4.69, 9.17) is 10.5 Å². The second-order valence-electron chi connectivity index (χ2n) is 8.91. The van der Waals surface area contributed by atoms with E-state index >= 15 is 0 Å². The van der Waals surface area contributed by atoms with Crippen molar-refractivity contribution in [3.8, 4) is 0 Å². The fraction of sp³-hybridized carbons (Fsp3) is 0.571. The van der Waals surface area contributed by atoms with Crippen molar-refractivity contribution in [2.24, 2.45) is 5.73 Å². The van der Waals surface area contributed by atoms with Gasteiger partial charge in [-0.1, -0.05) is 12.8 Å². The Kier molecular flexibility index (Phi) is 5.55. The molecule has 3 atom stereocenters. The van der Waals surface area contributed by atoms with Crippen molar-refractivity contribution < 1.29 is 26.3 Å². The first-order valence-corrected chi connectivity index (χ1v) is 12.3. The molecule has 0 bridgehead atoms. The number of ether oxygens (including phenoxy) is 1. The van der Waals surface area contributed by atoms with Gasteiger partial charge in [0.1, 0.15) is 11.9 Å². The molecule has 0 amide bonds. The highest BCUT2D eigenvalue weighted by atomic mass is 32.2. The summed E-state index contributed by atoms with van der Waals surface area (Å²) in [5.41, 5.74) is 7.66. The van der Waals surface area contributed by atoms with Gasteiger partial charge in [-0.25, -0.2) is 21.6 Å². The van der Waals surface area contributed by atoms with Crippen LogP contribution in [0.5, 0.6) is 0 Å². The van der Waals surface area contributed by atoms with Crippen molar-refractivity contribution in [2.45, 2.75) is 68.6 Å². The van der Waals surface area contributed by atoms with Gasteiger partial charge >= 0.3 is 0 Å². The monoisotopic (exact) mass is 470 g/mol. The minimum Gasteiger partial charge on any atom is -0.370 e. The van der Waals surface area contributed by atoms with Gasteiger partial charge in [0.05, 0.1) is 23.7 Å². The van der Waals surface area contributed by atoms with Crippen LogP contribution < -0.4 is 5.73 Å². The lowest BCUT2D eigenvalue weighted by Crippen LogP contribution is -2.48. The predicted octanol–water partition coefficient (Wildman–Crippen LogP) is 2.59. The minimum absolute atomic E-state index is 0.0992. The van der Waals surface area contributed by atoms with Gasteiger partial charge < -0.3 is 10.5 Å². The van der Waals surface area contributed by atoms with Crippen molar-refractivity contribution >= 4 is 10.0 Å². The van der Waals surface area contributed by atoms with Crippen molar-refractivity contribution in [1.82, 2.24) is 14.1 Å². The summed E-state index contributed by atoms with van der Waals surface area (Å²) in [7, 11) is -3.53. The molecule has 2 unspecified atom stereocenters. The molecule has 1 aromatic heterocycles. The number of nitrogens with zero attached hydrogens (tertiary/aromatic N) is 3. The highest BCUT2D eigenvalue weighted by Crippen LogP contribution is 2.35. The molecule has 1 aromatic carbocycles. The second kappa shape index (κ2) is 8.12. The van der Waals surface area contributed by atoms with E-state index in [2.05, 4.69) is 10.00 Å². The molecular formula is C21H25F3N4O3S. The number of rotatable bonds is 4. The Morgan fingerprint density at radius 3 is 2.50 bits per heavy atom. The van der Waals surface area contributed by atoms with Crippen molar-refractivity contribution in [1.29, 1.82) is 0 Å². The van der Waals surface area contributed by atoms with Crippen LogP contribution in [0.1, 0.15) is 55.0 Å². The first-order valence-electron chi connectivity index (χ1n) is 10.8. The van der Waals surface area contributed by atoms with E-state index in [1.165, 1.54) is 4.09 Å². The van der Waals surface area contributed by atoms with E-state index in [0.29, 0.717) is 44.1 Å².